The highest BCUT2D eigenvalue weighted by atomic mass is 35.5. The predicted molar refractivity (Wildman–Crippen MR) is 77.7 cm³/mol. The Morgan fingerprint density at radius 1 is 1.32 bits per heavy atom. The molecule has 0 aliphatic rings. The third-order valence-electron chi connectivity index (χ3n) is 2.77. The van der Waals surface area contributed by atoms with Crippen molar-refractivity contribution in [3.63, 3.8) is 0 Å². The van der Waals surface area contributed by atoms with Crippen LogP contribution < -0.4 is 10.9 Å². The van der Waals surface area contributed by atoms with Crippen molar-refractivity contribution in [1.82, 2.24) is 4.57 Å². The Bertz CT molecular complexity index is 804. The lowest BCUT2D eigenvalue weighted by atomic mass is 10.2. The average Bonchev–Trinajstić information content (AvgIpc) is 2.44. The van der Waals surface area contributed by atoms with Crippen LogP contribution in [0.5, 0.6) is 0 Å². The number of amides is 1. The highest BCUT2D eigenvalue weighted by molar-refractivity contribution is 6.30. The minimum Gasteiger partial charge on any atom is -0.477 e. The first-order valence-corrected chi connectivity index (χ1v) is 6.44. The highest BCUT2D eigenvalue weighted by Crippen LogP contribution is 2.18. The number of carbonyl (C=O) groups excluding carboxylic acids is 1. The lowest BCUT2D eigenvalue weighted by molar-refractivity contribution is -0.116. The second-order valence-electron chi connectivity index (χ2n) is 4.33. The zero-order valence-electron chi connectivity index (χ0n) is 11.0. The number of pyridine rings is 1. The van der Waals surface area contributed by atoms with Crippen LogP contribution in [0.1, 0.15) is 10.4 Å². The molecule has 0 bridgehead atoms. The minimum atomic E-state index is -1.39. The molecular formula is C14H10ClFN2O4. The molecule has 0 aliphatic heterocycles. The maximum Gasteiger partial charge on any atom is 0.341 e. The summed E-state index contributed by atoms with van der Waals surface area (Å²) in [6, 6.07) is 6.19. The van der Waals surface area contributed by atoms with Crippen molar-refractivity contribution in [2.75, 3.05) is 5.32 Å². The van der Waals surface area contributed by atoms with Crippen LogP contribution in [0.15, 0.2) is 41.3 Å². The molecule has 22 heavy (non-hydrogen) atoms. The van der Waals surface area contributed by atoms with Gasteiger partial charge in [0, 0.05) is 11.2 Å². The first-order chi connectivity index (χ1) is 10.4. The third kappa shape index (κ3) is 3.50. The fourth-order valence-electron chi connectivity index (χ4n) is 1.76. The molecule has 1 aromatic carbocycles. The number of benzene rings is 1. The van der Waals surface area contributed by atoms with Gasteiger partial charge in [0.2, 0.25) is 5.91 Å². The summed E-state index contributed by atoms with van der Waals surface area (Å²) in [4.78, 5) is 34.5. The Hall–Kier alpha value is -2.67. The van der Waals surface area contributed by atoms with Crippen molar-refractivity contribution in [3.05, 3.63) is 63.3 Å². The molecule has 0 atom stereocenters. The van der Waals surface area contributed by atoms with Crippen LogP contribution in [-0.2, 0) is 11.3 Å². The van der Waals surface area contributed by atoms with Gasteiger partial charge in [-0.05, 0) is 30.3 Å². The Morgan fingerprint density at radius 3 is 2.68 bits per heavy atom. The smallest absolute Gasteiger partial charge is 0.341 e. The molecular weight excluding hydrogens is 315 g/mol. The molecule has 0 fully saturated rings. The zero-order valence-corrected chi connectivity index (χ0v) is 11.8. The van der Waals surface area contributed by atoms with Crippen LogP contribution in [-0.4, -0.2) is 21.6 Å². The van der Waals surface area contributed by atoms with Gasteiger partial charge < -0.3 is 15.0 Å². The van der Waals surface area contributed by atoms with Crippen LogP contribution in [0, 0.1) is 5.82 Å². The maximum absolute atomic E-state index is 13.6. The summed E-state index contributed by atoms with van der Waals surface area (Å²) < 4.78 is 14.5. The fraction of sp³-hybridized carbons (Fsp3) is 0.0714. The van der Waals surface area contributed by atoms with Crippen molar-refractivity contribution in [1.29, 1.82) is 0 Å². The number of carboxylic acid groups (broad SMARTS) is 1. The van der Waals surface area contributed by atoms with Gasteiger partial charge >= 0.3 is 5.97 Å². The van der Waals surface area contributed by atoms with E-state index in [1.807, 2.05) is 0 Å². The van der Waals surface area contributed by atoms with E-state index >= 15 is 0 Å². The molecule has 0 saturated heterocycles. The van der Waals surface area contributed by atoms with E-state index in [4.69, 9.17) is 16.7 Å². The molecule has 0 unspecified atom stereocenters. The molecule has 114 valence electrons. The minimum absolute atomic E-state index is 0.0863. The van der Waals surface area contributed by atoms with E-state index in [0.717, 1.165) is 16.7 Å². The van der Waals surface area contributed by atoms with E-state index in [9.17, 15) is 18.8 Å². The summed E-state index contributed by atoms with van der Waals surface area (Å²) in [7, 11) is 0. The number of nitrogens with zero attached hydrogens (tertiary/aromatic N) is 1. The van der Waals surface area contributed by atoms with Crippen molar-refractivity contribution < 1.29 is 19.1 Å². The number of halogens is 2. The van der Waals surface area contributed by atoms with Gasteiger partial charge in [-0.15, -0.1) is 0 Å². The van der Waals surface area contributed by atoms with Crippen molar-refractivity contribution in [3.8, 4) is 0 Å². The van der Waals surface area contributed by atoms with Crippen LogP contribution in [0.2, 0.25) is 5.02 Å². The van der Waals surface area contributed by atoms with Crippen molar-refractivity contribution in [2.24, 2.45) is 0 Å². The van der Waals surface area contributed by atoms with E-state index in [-0.39, 0.29) is 10.7 Å². The quantitative estimate of drug-likeness (QED) is 0.900. The molecule has 1 amide bonds. The Balaban J connectivity index is 2.18. The van der Waals surface area contributed by atoms with Gasteiger partial charge in [-0.2, -0.15) is 0 Å². The maximum atomic E-state index is 13.6. The van der Waals surface area contributed by atoms with E-state index in [2.05, 4.69) is 5.32 Å². The zero-order chi connectivity index (χ0) is 16.3. The summed E-state index contributed by atoms with van der Waals surface area (Å²) >= 11 is 5.60. The second-order valence-corrected chi connectivity index (χ2v) is 4.77. The Kier molecular flexibility index (Phi) is 4.57. The second kappa shape index (κ2) is 6.40. The molecule has 2 N–H and O–H groups in total. The molecule has 0 radical (unpaired) electrons. The van der Waals surface area contributed by atoms with Gasteiger partial charge in [0.1, 0.15) is 17.9 Å². The molecule has 2 rings (SSSR count). The number of carbonyl (C=O) groups is 2. The Morgan fingerprint density at radius 2 is 2.05 bits per heavy atom. The van der Waals surface area contributed by atoms with E-state index in [0.29, 0.717) is 0 Å². The number of aromatic nitrogens is 1. The largest absolute Gasteiger partial charge is 0.477 e. The van der Waals surface area contributed by atoms with E-state index in [1.165, 1.54) is 24.4 Å². The van der Waals surface area contributed by atoms with Gasteiger partial charge in [-0.1, -0.05) is 11.6 Å². The number of anilines is 1. The monoisotopic (exact) mass is 324 g/mol. The van der Waals surface area contributed by atoms with Gasteiger partial charge in [0.15, 0.2) is 0 Å². The number of hydrogen-bond donors (Lipinski definition) is 2. The van der Waals surface area contributed by atoms with Gasteiger partial charge in [0.25, 0.3) is 5.56 Å². The predicted octanol–water partition coefficient (Wildman–Crippen LogP) is 1.98. The number of carboxylic acids is 1. The molecule has 2 aromatic rings. The number of nitrogens with one attached hydrogen (secondary N) is 1. The lowest BCUT2D eigenvalue weighted by Crippen LogP contribution is -2.30. The van der Waals surface area contributed by atoms with Crippen LogP contribution in [0.4, 0.5) is 10.1 Å². The summed E-state index contributed by atoms with van der Waals surface area (Å²) in [6.07, 6.45) is 1.27. The van der Waals surface area contributed by atoms with Crippen LogP contribution in [0.3, 0.4) is 0 Å². The SMILES string of the molecule is O=C(Cn1cccc(C(=O)O)c1=O)Nc1ccc(Cl)cc1F. The normalized spacial score (nSPS) is 10.3. The summed E-state index contributed by atoms with van der Waals surface area (Å²) in [6.45, 7) is -0.442. The van der Waals surface area contributed by atoms with Gasteiger partial charge in [0.05, 0.1) is 5.69 Å². The first-order valence-electron chi connectivity index (χ1n) is 6.06. The summed E-state index contributed by atoms with van der Waals surface area (Å²) in [5.74, 6) is -2.78. The first kappa shape index (κ1) is 15.7. The molecule has 1 heterocycles. The molecule has 0 spiro atoms. The van der Waals surface area contributed by atoms with Gasteiger partial charge in [-0.25, -0.2) is 9.18 Å². The lowest BCUT2D eigenvalue weighted by Gasteiger charge is -2.09. The molecule has 0 saturated carbocycles. The highest BCUT2D eigenvalue weighted by Gasteiger charge is 2.13. The summed E-state index contributed by atoms with van der Waals surface area (Å²) in [5, 5.41) is 11.3. The molecule has 8 heteroatoms. The average molecular weight is 325 g/mol. The third-order valence-corrected chi connectivity index (χ3v) is 3.00. The summed E-state index contributed by atoms with van der Waals surface area (Å²) in [5.41, 5.74) is -1.36. The topological polar surface area (TPSA) is 88.4 Å². The van der Waals surface area contributed by atoms with Crippen LogP contribution >= 0.6 is 11.6 Å². The number of hydrogen-bond acceptors (Lipinski definition) is 3. The number of rotatable bonds is 4. The molecule has 0 aliphatic carbocycles. The fourth-order valence-corrected chi connectivity index (χ4v) is 1.92. The van der Waals surface area contributed by atoms with Crippen molar-refractivity contribution in [2.45, 2.75) is 6.54 Å². The molecule has 6 nitrogen and oxygen atoms in total. The van der Waals surface area contributed by atoms with Gasteiger partial charge in [-0.3, -0.25) is 9.59 Å². The number of aromatic carboxylic acids is 1. The van der Waals surface area contributed by atoms with E-state index < -0.39 is 35.4 Å². The van der Waals surface area contributed by atoms with Crippen LogP contribution in [0.25, 0.3) is 0 Å². The Labute approximate surface area is 128 Å². The van der Waals surface area contributed by atoms with E-state index in [1.54, 1.807) is 0 Å². The molecule has 1 aromatic heterocycles. The van der Waals surface area contributed by atoms with Crippen molar-refractivity contribution >= 4 is 29.2 Å². The standard InChI is InChI=1S/C14H10ClFN2O4/c15-8-3-4-11(10(16)6-8)17-12(19)7-18-5-1-2-9(13(18)20)14(21)22/h1-6H,7H2,(H,17,19)(H,21,22).